The number of carbonyl (C=O) groups is 1. The number of alkyl halides is 3. The molecule has 1 aromatic heterocycles. The Balaban J connectivity index is 1.81. The normalized spacial score (nSPS) is 14.9. The Kier molecular flexibility index (Phi) is 4.13. The van der Waals surface area contributed by atoms with Crippen LogP contribution in [0, 0.1) is 6.92 Å². The predicted octanol–water partition coefficient (Wildman–Crippen LogP) is 2.98. The van der Waals surface area contributed by atoms with Crippen LogP contribution in [-0.2, 0) is 11.0 Å². The van der Waals surface area contributed by atoms with Gasteiger partial charge in [-0.25, -0.2) is 9.67 Å². The molecule has 0 aliphatic carbocycles. The molecule has 0 saturated carbocycles. The first-order chi connectivity index (χ1) is 11.3. The van der Waals surface area contributed by atoms with E-state index in [0.29, 0.717) is 5.56 Å². The van der Waals surface area contributed by atoms with Crippen molar-refractivity contribution in [3.05, 3.63) is 41.7 Å². The number of benzene rings is 1. The zero-order chi connectivity index (χ0) is 17.3. The first-order valence-electron chi connectivity index (χ1n) is 7.40. The lowest BCUT2D eigenvalue weighted by molar-refractivity contribution is -0.137. The minimum Gasteiger partial charge on any atom is -0.339 e. The van der Waals surface area contributed by atoms with Crippen LogP contribution >= 0.6 is 0 Å². The lowest BCUT2D eigenvalue weighted by Crippen LogP contribution is -2.41. The van der Waals surface area contributed by atoms with Crippen molar-refractivity contribution in [1.29, 1.82) is 0 Å². The van der Waals surface area contributed by atoms with Crippen molar-refractivity contribution in [3.63, 3.8) is 0 Å². The summed E-state index contributed by atoms with van der Waals surface area (Å²) in [5, 5.41) is 4.10. The third-order valence-electron chi connectivity index (χ3n) is 3.71. The second-order valence-electron chi connectivity index (χ2n) is 5.63. The molecule has 2 heterocycles. The molecule has 8 heteroatoms. The van der Waals surface area contributed by atoms with E-state index in [0.717, 1.165) is 31.6 Å². The van der Waals surface area contributed by atoms with Gasteiger partial charge in [0.2, 0.25) is 5.91 Å². The van der Waals surface area contributed by atoms with Crippen LogP contribution < -0.4 is 0 Å². The van der Waals surface area contributed by atoms with Gasteiger partial charge in [-0.05, 0) is 37.1 Å². The molecule has 0 bridgehead atoms. The van der Waals surface area contributed by atoms with E-state index in [9.17, 15) is 18.0 Å². The summed E-state index contributed by atoms with van der Waals surface area (Å²) in [5.74, 6) is 0.0541. The average Bonchev–Trinajstić information content (AvgIpc) is 2.90. The van der Waals surface area contributed by atoms with Crippen molar-refractivity contribution in [2.24, 2.45) is 0 Å². The Bertz CT molecular complexity index is 791. The summed E-state index contributed by atoms with van der Waals surface area (Å²) in [6.45, 7) is 3.08. The number of carbonyl (C=O) groups excluding carboxylic acids is 1. The Morgan fingerprint density at radius 1 is 1.25 bits per heavy atom. The molecule has 1 aromatic carbocycles. The summed E-state index contributed by atoms with van der Waals surface area (Å²) >= 11 is 0. The summed E-state index contributed by atoms with van der Waals surface area (Å²) in [6, 6.07) is 3.68. The van der Waals surface area contributed by atoms with Crippen molar-refractivity contribution in [2.75, 3.05) is 13.1 Å². The maximum absolute atomic E-state index is 12.9. The van der Waals surface area contributed by atoms with Crippen molar-refractivity contribution < 1.29 is 18.0 Å². The molecule has 126 valence electrons. The Morgan fingerprint density at radius 3 is 2.62 bits per heavy atom. The van der Waals surface area contributed by atoms with Crippen molar-refractivity contribution in [3.8, 4) is 11.4 Å². The molecule has 0 N–H and O–H groups in total. The van der Waals surface area contributed by atoms with Gasteiger partial charge in [-0.15, -0.1) is 5.10 Å². The SMILES string of the molecule is Cc1cc(-c2ncn(/C=C\C(=O)N3CCC3)n2)cc(C(F)(F)F)c1. The lowest BCUT2D eigenvalue weighted by atomic mass is 10.1. The Morgan fingerprint density at radius 2 is 2.00 bits per heavy atom. The highest BCUT2D eigenvalue weighted by Gasteiger charge is 2.31. The first-order valence-corrected chi connectivity index (χ1v) is 7.40. The summed E-state index contributed by atoms with van der Waals surface area (Å²) in [7, 11) is 0. The second kappa shape index (κ2) is 6.10. The fourth-order valence-electron chi connectivity index (χ4n) is 2.34. The molecule has 1 amide bonds. The van der Waals surface area contributed by atoms with Crippen LogP contribution in [0.2, 0.25) is 0 Å². The fourth-order valence-corrected chi connectivity index (χ4v) is 2.34. The molecule has 1 aliphatic rings. The number of amides is 1. The van der Waals surface area contributed by atoms with Crippen LogP contribution in [0.3, 0.4) is 0 Å². The third kappa shape index (κ3) is 3.47. The molecule has 0 atom stereocenters. The zero-order valence-electron chi connectivity index (χ0n) is 12.9. The maximum atomic E-state index is 12.9. The quantitative estimate of drug-likeness (QED) is 0.810. The number of rotatable bonds is 3. The van der Waals surface area contributed by atoms with Gasteiger partial charge in [0.25, 0.3) is 0 Å². The van der Waals surface area contributed by atoms with E-state index in [2.05, 4.69) is 10.1 Å². The van der Waals surface area contributed by atoms with Gasteiger partial charge in [0.05, 0.1) is 5.56 Å². The monoisotopic (exact) mass is 336 g/mol. The Labute approximate surface area is 136 Å². The minimum absolute atomic E-state index is 0.117. The molecular formula is C16H15F3N4O. The topological polar surface area (TPSA) is 51.0 Å². The van der Waals surface area contributed by atoms with Gasteiger partial charge in [0.15, 0.2) is 5.82 Å². The molecule has 1 saturated heterocycles. The highest BCUT2D eigenvalue weighted by molar-refractivity contribution is 5.90. The number of aryl methyl sites for hydroxylation is 1. The van der Waals surface area contributed by atoms with Crippen LogP contribution in [0.1, 0.15) is 17.5 Å². The molecular weight excluding hydrogens is 321 g/mol. The summed E-state index contributed by atoms with van der Waals surface area (Å²) in [6.07, 6.45) is 0.742. The summed E-state index contributed by atoms with van der Waals surface area (Å²) in [4.78, 5) is 17.4. The van der Waals surface area contributed by atoms with Crippen LogP contribution in [0.4, 0.5) is 13.2 Å². The van der Waals surface area contributed by atoms with Crippen molar-refractivity contribution in [2.45, 2.75) is 19.5 Å². The molecule has 0 spiro atoms. The standard InChI is InChI=1S/C16H15F3N4O/c1-11-7-12(9-13(8-11)16(17,18)19)15-20-10-23(21-15)6-3-14(24)22-4-2-5-22/h3,6-10H,2,4-5H2,1H3/b6-3-. The van der Waals surface area contributed by atoms with Crippen LogP contribution in [-0.4, -0.2) is 38.7 Å². The van der Waals surface area contributed by atoms with E-state index in [1.807, 2.05) is 0 Å². The van der Waals surface area contributed by atoms with E-state index in [1.165, 1.54) is 23.3 Å². The number of aromatic nitrogens is 3. The number of nitrogens with zero attached hydrogens (tertiary/aromatic N) is 4. The molecule has 5 nitrogen and oxygen atoms in total. The van der Waals surface area contributed by atoms with Gasteiger partial charge in [-0.1, -0.05) is 0 Å². The molecule has 1 aliphatic heterocycles. The lowest BCUT2D eigenvalue weighted by Gasteiger charge is -2.29. The predicted molar refractivity (Wildman–Crippen MR) is 81.7 cm³/mol. The second-order valence-corrected chi connectivity index (χ2v) is 5.63. The van der Waals surface area contributed by atoms with Gasteiger partial charge >= 0.3 is 6.18 Å². The van der Waals surface area contributed by atoms with Gasteiger partial charge in [-0.2, -0.15) is 13.2 Å². The van der Waals surface area contributed by atoms with E-state index in [-0.39, 0.29) is 17.3 Å². The van der Waals surface area contributed by atoms with Gasteiger partial charge < -0.3 is 4.90 Å². The van der Waals surface area contributed by atoms with Crippen LogP contribution in [0.5, 0.6) is 0 Å². The third-order valence-corrected chi connectivity index (χ3v) is 3.71. The van der Waals surface area contributed by atoms with Gasteiger partial charge in [-0.3, -0.25) is 4.79 Å². The van der Waals surface area contributed by atoms with Crippen molar-refractivity contribution >= 4 is 12.1 Å². The van der Waals surface area contributed by atoms with Gasteiger partial charge in [0.1, 0.15) is 6.33 Å². The van der Waals surface area contributed by atoms with E-state index < -0.39 is 11.7 Å². The number of hydrogen-bond donors (Lipinski definition) is 0. The summed E-state index contributed by atoms with van der Waals surface area (Å²) in [5.41, 5.74) is 0.0144. The average molecular weight is 336 g/mol. The number of halogens is 3. The smallest absolute Gasteiger partial charge is 0.339 e. The zero-order valence-corrected chi connectivity index (χ0v) is 12.9. The maximum Gasteiger partial charge on any atom is 0.416 e. The molecule has 2 aromatic rings. The highest BCUT2D eigenvalue weighted by Crippen LogP contribution is 2.32. The van der Waals surface area contributed by atoms with Gasteiger partial charge in [0, 0.05) is 30.9 Å². The highest BCUT2D eigenvalue weighted by atomic mass is 19.4. The molecule has 0 unspecified atom stereocenters. The largest absolute Gasteiger partial charge is 0.416 e. The number of likely N-dealkylation sites (tertiary alicyclic amines) is 1. The van der Waals surface area contributed by atoms with E-state index in [4.69, 9.17) is 0 Å². The summed E-state index contributed by atoms with van der Waals surface area (Å²) < 4.78 is 40.0. The number of hydrogen-bond acceptors (Lipinski definition) is 3. The fraction of sp³-hybridized carbons (Fsp3) is 0.312. The van der Waals surface area contributed by atoms with Crippen LogP contribution in [0.25, 0.3) is 17.6 Å². The molecule has 0 radical (unpaired) electrons. The Hall–Kier alpha value is -2.64. The van der Waals surface area contributed by atoms with Crippen molar-refractivity contribution in [1.82, 2.24) is 19.7 Å². The molecule has 1 fully saturated rings. The van der Waals surface area contributed by atoms with E-state index >= 15 is 0 Å². The minimum atomic E-state index is -4.42. The first kappa shape index (κ1) is 16.2. The van der Waals surface area contributed by atoms with E-state index in [1.54, 1.807) is 17.9 Å². The molecule has 3 rings (SSSR count). The molecule has 24 heavy (non-hydrogen) atoms. The van der Waals surface area contributed by atoms with Crippen LogP contribution in [0.15, 0.2) is 30.6 Å².